The first-order valence-electron chi connectivity index (χ1n) is 18.4. The molecule has 10 rings (SSSR count). The molecule has 1 heterocycles. The maximum atomic E-state index is 6.25. The SMILES string of the molecule is c1ccc(-c2ccc(-c3ccccc3N(c3ccc(-c4cccc(-c5ccc6ccccc6c5)c4)cc3)c3ccc4oc5ccccc5c4c3)cc2)cc1. The Morgan fingerprint density at radius 3 is 1.70 bits per heavy atom. The van der Waals surface area contributed by atoms with E-state index < -0.39 is 0 Å². The summed E-state index contributed by atoms with van der Waals surface area (Å²) >= 11 is 0. The van der Waals surface area contributed by atoms with E-state index in [1.807, 2.05) is 12.1 Å². The molecule has 0 atom stereocenters. The summed E-state index contributed by atoms with van der Waals surface area (Å²) in [4.78, 5) is 2.37. The Balaban J connectivity index is 1.07. The molecule has 2 nitrogen and oxygen atoms in total. The molecule has 10 aromatic rings. The van der Waals surface area contributed by atoms with E-state index in [0.717, 1.165) is 50.1 Å². The molecule has 54 heavy (non-hydrogen) atoms. The van der Waals surface area contributed by atoms with Gasteiger partial charge in [0.2, 0.25) is 0 Å². The van der Waals surface area contributed by atoms with Gasteiger partial charge in [-0.25, -0.2) is 0 Å². The number of benzene rings is 9. The van der Waals surface area contributed by atoms with Gasteiger partial charge in [0.25, 0.3) is 0 Å². The molecule has 0 aliphatic carbocycles. The van der Waals surface area contributed by atoms with Crippen molar-refractivity contribution in [3.63, 3.8) is 0 Å². The molecule has 0 saturated heterocycles. The van der Waals surface area contributed by atoms with Crippen LogP contribution in [0.4, 0.5) is 17.1 Å². The zero-order valence-corrected chi connectivity index (χ0v) is 29.6. The second kappa shape index (κ2) is 13.4. The molecular weight excluding hydrogens is 655 g/mol. The van der Waals surface area contributed by atoms with Gasteiger partial charge in [-0.15, -0.1) is 0 Å². The zero-order valence-electron chi connectivity index (χ0n) is 29.6. The Labute approximate surface area is 314 Å². The quantitative estimate of drug-likeness (QED) is 0.166. The smallest absolute Gasteiger partial charge is 0.135 e. The number of hydrogen-bond acceptors (Lipinski definition) is 2. The average Bonchev–Trinajstić information content (AvgIpc) is 3.63. The lowest BCUT2D eigenvalue weighted by Gasteiger charge is -2.28. The van der Waals surface area contributed by atoms with E-state index in [1.165, 1.54) is 44.2 Å². The fraction of sp³-hybridized carbons (Fsp3) is 0. The molecule has 9 aromatic carbocycles. The molecule has 0 aliphatic rings. The van der Waals surface area contributed by atoms with Crippen molar-refractivity contribution >= 4 is 49.8 Å². The third-order valence-electron chi connectivity index (χ3n) is 10.5. The number of para-hydroxylation sites is 2. The molecule has 0 aliphatic heterocycles. The highest BCUT2D eigenvalue weighted by Crippen LogP contribution is 2.43. The number of rotatable bonds is 7. The predicted molar refractivity (Wildman–Crippen MR) is 228 cm³/mol. The fourth-order valence-corrected chi connectivity index (χ4v) is 7.72. The Kier molecular flexibility index (Phi) is 7.85. The molecule has 0 radical (unpaired) electrons. The summed E-state index contributed by atoms with van der Waals surface area (Å²) in [7, 11) is 0. The lowest BCUT2D eigenvalue weighted by Crippen LogP contribution is -2.11. The van der Waals surface area contributed by atoms with Gasteiger partial charge in [-0.1, -0.05) is 158 Å². The van der Waals surface area contributed by atoms with E-state index in [0.29, 0.717) is 0 Å². The largest absolute Gasteiger partial charge is 0.456 e. The van der Waals surface area contributed by atoms with Gasteiger partial charge in [-0.2, -0.15) is 0 Å². The average molecular weight is 690 g/mol. The van der Waals surface area contributed by atoms with E-state index in [-0.39, 0.29) is 0 Å². The molecule has 0 saturated carbocycles. The van der Waals surface area contributed by atoms with Crippen molar-refractivity contribution < 1.29 is 4.42 Å². The molecule has 0 bridgehead atoms. The monoisotopic (exact) mass is 689 g/mol. The van der Waals surface area contributed by atoms with Crippen LogP contribution in [-0.2, 0) is 0 Å². The molecule has 254 valence electrons. The van der Waals surface area contributed by atoms with E-state index in [4.69, 9.17) is 4.42 Å². The minimum absolute atomic E-state index is 0.881. The van der Waals surface area contributed by atoms with Gasteiger partial charge in [-0.3, -0.25) is 0 Å². The van der Waals surface area contributed by atoms with Crippen LogP contribution in [0.1, 0.15) is 0 Å². The third-order valence-corrected chi connectivity index (χ3v) is 10.5. The summed E-state index contributed by atoms with van der Waals surface area (Å²) < 4.78 is 6.25. The van der Waals surface area contributed by atoms with Crippen molar-refractivity contribution in [2.75, 3.05) is 4.90 Å². The Morgan fingerprint density at radius 2 is 0.852 bits per heavy atom. The summed E-state index contributed by atoms with van der Waals surface area (Å²) in [5.74, 6) is 0. The molecule has 0 spiro atoms. The Bertz CT molecular complexity index is 2920. The van der Waals surface area contributed by atoms with E-state index >= 15 is 0 Å². The normalized spacial score (nSPS) is 11.3. The number of anilines is 3. The number of hydrogen-bond donors (Lipinski definition) is 0. The van der Waals surface area contributed by atoms with Crippen LogP contribution in [0.15, 0.2) is 217 Å². The summed E-state index contributed by atoms with van der Waals surface area (Å²) in [6.45, 7) is 0. The summed E-state index contributed by atoms with van der Waals surface area (Å²) in [5, 5.41) is 4.71. The summed E-state index contributed by atoms with van der Waals surface area (Å²) in [6, 6.07) is 76.0. The van der Waals surface area contributed by atoms with Gasteiger partial charge in [0.1, 0.15) is 11.2 Å². The van der Waals surface area contributed by atoms with Gasteiger partial charge in [0.05, 0.1) is 5.69 Å². The van der Waals surface area contributed by atoms with Gasteiger partial charge < -0.3 is 9.32 Å². The van der Waals surface area contributed by atoms with Crippen molar-refractivity contribution in [3.8, 4) is 44.5 Å². The van der Waals surface area contributed by atoms with E-state index in [1.54, 1.807) is 0 Å². The minimum atomic E-state index is 0.881. The van der Waals surface area contributed by atoms with Crippen LogP contribution in [0, 0.1) is 0 Å². The van der Waals surface area contributed by atoms with E-state index in [9.17, 15) is 0 Å². The highest BCUT2D eigenvalue weighted by atomic mass is 16.3. The van der Waals surface area contributed by atoms with Crippen molar-refractivity contribution in [3.05, 3.63) is 212 Å². The van der Waals surface area contributed by atoms with Crippen molar-refractivity contribution in [2.45, 2.75) is 0 Å². The number of fused-ring (bicyclic) bond motifs is 4. The van der Waals surface area contributed by atoms with Gasteiger partial charge in [0.15, 0.2) is 0 Å². The standard InChI is InChI=1S/C52H35NO/c1-2-11-36(12-3-1)38-21-24-40(25-22-38)47-17-6-8-19-50(47)53(46-31-32-52-49(35-46)48-18-7-9-20-51(48)54-52)45-29-27-39(28-30-45)42-15-10-16-43(33-42)44-26-23-37-13-4-5-14-41(37)34-44/h1-35H. The fourth-order valence-electron chi connectivity index (χ4n) is 7.72. The number of nitrogens with zero attached hydrogens (tertiary/aromatic N) is 1. The van der Waals surface area contributed by atoms with Gasteiger partial charge in [0, 0.05) is 27.7 Å². The molecule has 2 heteroatoms. The first kappa shape index (κ1) is 31.6. The topological polar surface area (TPSA) is 16.4 Å². The predicted octanol–water partition coefficient (Wildman–Crippen LogP) is 14.9. The zero-order chi connectivity index (χ0) is 35.8. The molecule has 0 amide bonds. The van der Waals surface area contributed by atoms with Gasteiger partial charge in [-0.05, 0) is 104 Å². The van der Waals surface area contributed by atoms with Crippen molar-refractivity contribution in [2.24, 2.45) is 0 Å². The van der Waals surface area contributed by atoms with Crippen LogP contribution >= 0.6 is 0 Å². The van der Waals surface area contributed by atoms with Crippen LogP contribution in [0.25, 0.3) is 77.2 Å². The first-order chi connectivity index (χ1) is 26.7. The molecule has 0 fully saturated rings. The second-order valence-corrected chi connectivity index (χ2v) is 13.8. The molecule has 0 unspecified atom stereocenters. The van der Waals surface area contributed by atoms with Crippen LogP contribution in [0.2, 0.25) is 0 Å². The highest BCUT2D eigenvalue weighted by molar-refractivity contribution is 6.07. The van der Waals surface area contributed by atoms with Crippen LogP contribution in [-0.4, -0.2) is 0 Å². The Hall–Kier alpha value is -7.16. The van der Waals surface area contributed by atoms with E-state index in [2.05, 4.69) is 205 Å². The van der Waals surface area contributed by atoms with Crippen LogP contribution < -0.4 is 4.90 Å². The third kappa shape index (κ3) is 5.81. The maximum Gasteiger partial charge on any atom is 0.135 e. The van der Waals surface area contributed by atoms with Gasteiger partial charge >= 0.3 is 0 Å². The second-order valence-electron chi connectivity index (χ2n) is 13.8. The Morgan fingerprint density at radius 1 is 0.296 bits per heavy atom. The lowest BCUT2D eigenvalue weighted by atomic mass is 9.96. The summed E-state index contributed by atoms with van der Waals surface area (Å²) in [5.41, 5.74) is 14.5. The lowest BCUT2D eigenvalue weighted by molar-refractivity contribution is 0.669. The minimum Gasteiger partial charge on any atom is -0.456 e. The van der Waals surface area contributed by atoms with Crippen LogP contribution in [0.3, 0.4) is 0 Å². The molecule has 0 N–H and O–H groups in total. The molecular formula is C52H35NO. The molecule has 1 aromatic heterocycles. The van der Waals surface area contributed by atoms with Crippen molar-refractivity contribution in [1.82, 2.24) is 0 Å². The van der Waals surface area contributed by atoms with Crippen molar-refractivity contribution in [1.29, 1.82) is 0 Å². The first-order valence-corrected chi connectivity index (χ1v) is 18.4. The number of furan rings is 1. The summed E-state index contributed by atoms with van der Waals surface area (Å²) in [6.07, 6.45) is 0. The van der Waals surface area contributed by atoms with Crippen LogP contribution in [0.5, 0.6) is 0 Å². The highest BCUT2D eigenvalue weighted by Gasteiger charge is 2.19. The maximum absolute atomic E-state index is 6.25.